The molecule has 2 aromatic rings. The SMILES string of the molecule is Cc1cc(Nc2nc(N[C@@H]3CCN(C(=O)OC(C)(C)C)C3)c(Cl)nc2C(N)=O)ccc1N1CCC2(CC1)OCCO2. The first-order chi connectivity index (χ1) is 19.4. The van der Waals surface area contributed by atoms with Crippen LogP contribution in [0.1, 0.15) is 56.1 Å². The van der Waals surface area contributed by atoms with Gasteiger partial charge < -0.3 is 40.4 Å². The number of carbonyl (C=O) groups is 2. The molecule has 3 aliphatic rings. The van der Waals surface area contributed by atoms with Gasteiger partial charge in [0.15, 0.2) is 28.3 Å². The number of aromatic nitrogens is 2. The molecule has 41 heavy (non-hydrogen) atoms. The van der Waals surface area contributed by atoms with Crippen LogP contribution in [0.15, 0.2) is 18.2 Å². The van der Waals surface area contributed by atoms with E-state index in [0.29, 0.717) is 38.5 Å². The highest BCUT2D eigenvalue weighted by Crippen LogP contribution is 2.35. The van der Waals surface area contributed by atoms with Crippen molar-refractivity contribution < 1.29 is 23.8 Å². The Bertz CT molecular complexity index is 1300. The first-order valence-corrected chi connectivity index (χ1v) is 14.3. The third-order valence-corrected chi connectivity index (χ3v) is 7.67. The van der Waals surface area contributed by atoms with E-state index in [0.717, 1.165) is 42.9 Å². The molecular weight excluding hydrogens is 550 g/mol. The molecule has 5 rings (SSSR count). The van der Waals surface area contributed by atoms with Crippen molar-refractivity contribution in [2.45, 2.75) is 64.4 Å². The summed E-state index contributed by atoms with van der Waals surface area (Å²) in [5, 5.41) is 6.47. The number of aryl methyl sites for hydroxylation is 1. The van der Waals surface area contributed by atoms with Crippen molar-refractivity contribution in [3.05, 3.63) is 34.6 Å². The van der Waals surface area contributed by atoms with E-state index in [2.05, 4.69) is 25.5 Å². The number of nitrogens with two attached hydrogens (primary N) is 1. The Morgan fingerprint density at radius 2 is 1.83 bits per heavy atom. The second-order valence-electron chi connectivity index (χ2n) is 11.7. The highest BCUT2D eigenvalue weighted by Gasteiger charge is 2.40. The van der Waals surface area contributed by atoms with Crippen molar-refractivity contribution in [3.63, 3.8) is 0 Å². The van der Waals surface area contributed by atoms with E-state index in [4.69, 9.17) is 31.5 Å². The van der Waals surface area contributed by atoms with Crippen molar-refractivity contribution in [2.24, 2.45) is 5.73 Å². The summed E-state index contributed by atoms with van der Waals surface area (Å²) in [6.07, 6.45) is 1.95. The highest BCUT2D eigenvalue weighted by atomic mass is 35.5. The average Bonchev–Trinajstić information content (AvgIpc) is 3.56. The zero-order valence-electron chi connectivity index (χ0n) is 24.0. The van der Waals surface area contributed by atoms with Gasteiger partial charge in [0, 0.05) is 56.4 Å². The number of ether oxygens (including phenoxy) is 3. The maximum Gasteiger partial charge on any atom is 0.410 e. The Kier molecular flexibility index (Phi) is 8.18. The second kappa shape index (κ2) is 11.5. The largest absolute Gasteiger partial charge is 0.444 e. The monoisotopic (exact) mass is 587 g/mol. The van der Waals surface area contributed by atoms with Gasteiger partial charge in [-0.2, -0.15) is 0 Å². The predicted molar refractivity (Wildman–Crippen MR) is 156 cm³/mol. The van der Waals surface area contributed by atoms with Crippen LogP contribution in [0, 0.1) is 6.92 Å². The Labute approximate surface area is 244 Å². The molecule has 4 heterocycles. The maximum atomic E-state index is 12.5. The van der Waals surface area contributed by atoms with Crippen LogP contribution >= 0.6 is 11.6 Å². The topological polar surface area (TPSA) is 144 Å². The Morgan fingerprint density at radius 3 is 2.46 bits per heavy atom. The lowest BCUT2D eigenvalue weighted by molar-refractivity contribution is -0.169. The van der Waals surface area contributed by atoms with Gasteiger partial charge in [-0.1, -0.05) is 11.6 Å². The van der Waals surface area contributed by atoms with Crippen LogP contribution in [0.25, 0.3) is 0 Å². The Hall–Kier alpha value is -3.35. The summed E-state index contributed by atoms with van der Waals surface area (Å²) in [5.41, 5.74) is 7.88. The molecule has 0 bridgehead atoms. The van der Waals surface area contributed by atoms with Crippen molar-refractivity contribution in [1.82, 2.24) is 14.9 Å². The van der Waals surface area contributed by atoms with Gasteiger partial charge in [0.1, 0.15) is 5.60 Å². The van der Waals surface area contributed by atoms with Gasteiger partial charge in [0.25, 0.3) is 5.91 Å². The number of piperidine rings is 1. The smallest absolute Gasteiger partial charge is 0.410 e. The fourth-order valence-corrected chi connectivity index (χ4v) is 5.61. The minimum Gasteiger partial charge on any atom is -0.444 e. The lowest BCUT2D eigenvalue weighted by Gasteiger charge is -2.39. The molecule has 222 valence electrons. The zero-order chi connectivity index (χ0) is 29.4. The summed E-state index contributed by atoms with van der Waals surface area (Å²) in [6.45, 7) is 11.5. The van der Waals surface area contributed by atoms with Crippen molar-refractivity contribution in [2.75, 3.05) is 54.9 Å². The maximum absolute atomic E-state index is 12.5. The summed E-state index contributed by atoms with van der Waals surface area (Å²) in [5.74, 6) is -0.698. The number of nitrogens with zero attached hydrogens (tertiary/aromatic N) is 4. The molecule has 1 spiro atoms. The predicted octanol–water partition coefficient (Wildman–Crippen LogP) is 4.05. The number of primary amides is 1. The summed E-state index contributed by atoms with van der Waals surface area (Å²) in [6, 6.07) is 5.85. The van der Waals surface area contributed by atoms with Crippen molar-refractivity contribution in [1.29, 1.82) is 0 Å². The third kappa shape index (κ3) is 6.77. The fourth-order valence-electron chi connectivity index (χ4n) is 5.43. The van der Waals surface area contributed by atoms with Crippen molar-refractivity contribution >= 4 is 46.6 Å². The molecule has 1 atom stereocenters. The van der Waals surface area contributed by atoms with Gasteiger partial charge in [-0.3, -0.25) is 4.79 Å². The molecule has 2 amide bonds. The van der Waals surface area contributed by atoms with E-state index < -0.39 is 17.3 Å². The van der Waals surface area contributed by atoms with Gasteiger partial charge >= 0.3 is 6.09 Å². The van der Waals surface area contributed by atoms with Crippen LogP contribution in [0.3, 0.4) is 0 Å². The number of nitrogens with one attached hydrogen (secondary N) is 2. The highest BCUT2D eigenvalue weighted by molar-refractivity contribution is 6.32. The molecule has 0 unspecified atom stereocenters. The molecule has 12 nitrogen and oxygen atoms in total. The normalized spacial score (nSPS) is 20.4. The number of anilines is 4. The molecular formula is C28H38ClN7O5. The molecule has 13 heteroatoms. The number of hydrogen-bond acceptors (Lipinski definition) is 10. The van der Waals surface area contributed by atoms with E-state index in [-0.39, 0.29) is 28.8 Å². The van der Waals surface area contributed by atoms with E-state index in [9.17, 15) is 9.59 Å². The van der Waals surface area contributed by atoms with Gasteiger partial charge in [0.2, 0.25) is 0 Å². The van der Waals surface area contributed by atoms with Crippen LogP contribution in [0.2, 0.25) is 5.15 Å². The quantitative estimate of drug-likeness (QED) is 0.453. The van der Waals surface area contributed by atoms with Gasteiger partial charge in [0.05, 0.1) is 13.2 Å². The minimum absolute atomic E-state index is 0.0182. The Morgan fingerprint density at radius 1 is 1.12 bits per heavy atom. The van der Waals surface area contributed by atoms with E-state index in [1.807, 2.05) is 45.9 Å². The zero-order valence-corrected chi connectivity index (χ0v) is 24.7. The number of likely N-dealkylation sites (tertiary alicyclic amines) is 1. The number of amides is 2. The molecule has 3 saturated heterocycles. The molecule has 4 N–H and O–H groups in total. The first-order valence-electron chi connectivity index (χ1n) is 13.9. The van der Waals surface area contributed by atoms with E-state index >= 15 is 0 Å². The first kappa shape index (κ1) is 29.2. The van der Waals surface area contributed by atoms with Crippen LogP contribution in [-0.2, 0) is 14.2 Å². The van der Waals surface area contributed by atoms with Gasteiger partial charge in [-0.25, -0.2) is 14.8 Å². The molecule has 0 aliphatic carbocycles. The average molecular weight is 588 g/mol. The second-order valence-corrected chi connectivity index (χ2v) is 12.1. The van der Waals surface area contributed by atoms with Crippen LogP contribution in [-0.4, -0.2) is 83.7 Å². The standard InChI is InChI=1S/C28H38ClN7O5/c1-17-15-18(5-6-20(17)35-11-8-28(9-12-35)39-13-14-40-28)31-24-21(23(30)37)33-22(29)25(34-24)32-19-7-10-36(16-19)26(38)41-27(2,3)4/h5-6,15,19H,7-14,16H2,1-4H3,(H2,30,37)(H2,31,32,34)/t19-/m1/s1. The van der Waals surface area contributed by atoms with Gasteiger partial charge in [-0.15, -0.1) is 0 Å². The summed E-state index contributed by atoms with van der Waals surface area (Å²) >= 11 is 6.39. The third-order valence-electron chi connectivity index (χ3n) is 7.41. The Balaban J connectivity index is 1.28. The van der Waals surface area contributed by atoms with E-state index in [1.165, 1.54) is 0 Å². The summed E-state index contributed by atoms with van der Waals surface area (Å²) in [7, 11) is 0. The van der Waals surface area contributed by atoms with Crippen LogP contribution in [0.5, 0.6) is 0 Å². The minimum atomic E-state index is -0.752. The number of rotatable bonds is 6. The molecule has 1 aromatic heterocycles. The number of benzene rings is 1. The molecule has 3 fully saturated rings. The number of carbonyl (C=O) groups excluding carboxylic acids is 2. The fraction of sp³-hybridized carbons (Fsp3) is 0.571. The molecule has 3 aliphatic heterocycles. The number of halogens is 1. The lowest BCUT2D eigenvalue weighted by Crippen LogP contribution is -2.45. The molecule has 1 aromatic carbocycles. The molecule has 0 saturated carbocycles. The van der Waals surface area contributed by atoms with Gasteiger partial charge in [-0.05, 0) is 57.9 Å². The summed E-state index contributed by atoms with van der Waals surface area (Å²) < 4.78 is 17.2. The van der Waals surface area contributed by atoms with Crippen LogP contribution < -0.4 is 21.3 Å². The lowest BCUT2D eigenvalue weighted by atomic mass is 10.0. The van der Waals surface area contributed by atoms with E-state index in [1.54, 1.807) is 4.90 Å². The summed E-state index contributed by atoms with van der Waals surface area (Å²) in [4.78, 5) is 37.4. The molecule has 0 radical (unpaired) electrons. The van der Waals surface area contributed by atoms with Crippen molar-refractivity contribution in [3.8, 4) is 0 Å². The number of hydrogen-bond donors (Lipinski definition) is 3. The van der Waals surface area contributed by atoms with Crippen LogP contribution in [0.4, 0.5) is 27.8 Å².